The number of thiazole rings is 1. The molecule has 0 aliphatic carbocycles. The monoisotopic (exact) mass is 495 g/mol. The van der Waals surface area contributed by atoms with E-state index in [2.05, 4.69) is 10.3 Å². The standard InChI is InChI=1S/C24H21N3O5S2/c1-33-11-8-18(27-22(29)15-4-2-3-5-16(15)23(27)30)21(28)26-24-25-17(13-34-24)14-6-7-19-20(12-14)32-10-9-31-19/h2-7,12-13,18H,8-11H2,1H3,(H,25,26,28). The van der Waals surface area contributed by atoms with Crippen molar-refractivity contribution in [2.24, 2.45) is 0 Å². The van der Waals surface area contributed by atoms with Crippen LogP contribution in [0.1, 0.15) is 27.1 Å². The lowest BCUT2D eigenvalue weighted by atomic mass is 10.1. The summed E-state index contributed by atoms with van der Waals surface area (Å²) >= 11 is 2.82. The van der Waals surface area contributed by atoms with Gasteiger partial charge in [0.1, 0.15) is 19.3 Å². The quantitative estimate of drug-likeness (QED) is 0.496. The van der Waals surface area contributed by atoms with Gasteiger partial charge in [0.2, 0.25) is 5.91 Å². The third-order valence-corrected chi connectivity index (χ3v) is 7.01. The van der Waals surface area contributed by atoms with E-state index in [0.29, 0.717) is 58.8 Å². The molecule has 174 valence electrons. The summed E-state index contributed by atoms with van der Waals surface area (Å²) in [4.78, 5) is 44.8. The van der Waals surface area contributed by atoms with Crippen LogP contribution in [0.4, 0.5) is 5.13 Å². The fourth-order valence-corrected chi connectivity index (χ4v) is 5.13. The molecular formula is C24H21N3O5S2. The van der Waals surface area contributed by atoms with E-state index in [0.717, 1.165) is 10.5 Å². The molecule has 8 nitrogen and oxygen atoms in total. The number of aromatic nitrogens is 1. The van der Waals surface area contributed by atoms with Crippen LogP contribution in [0.15, 0.2) is 47.8 Å². The Labute approximate surface area is 204 Å². The third-order valence-electron chi connectivity index (χ3n) is 5.61. The number of imide groups is 1. The van der Waals surface area contributed by atoms with Crippen molar-refractivity contribution in [3.63, 3.8) is 0 Å². The number of carbonyl (C=O) groups excluding carboxylic acids is 3. The first-order valence-electron chi connectivity index (χ1n) is 10.7. The smallest absolute Gasteiger partial charge is 0.262 e. The predicted molar refractivity (Wildman–Crippen MR) is 131 cm³/mol. The molecule has 2 aromatic carbocycles. The Balaban J connectivity index is 1.35. The van der Waals surface area contributed by atoms with E-state index in [1.165, 1.54) is 11.3 Å². The zero-order valence-electron chi connectivity index (χ0n) is 18.3. The number of fused-ring (bicyclic) bond motifs is 2. The van der Waals surface area contributed by atoms with Gasteiger partial charge in [-0.1, -0.05) is 12.1 Å². The average Bonchev–Trinajstić information content (AvgIpc) is 3.42. The van der Waals surface area contributed by atoms with Gasteiger partial charge in [0, 0.05) is 10.9 Å². The molecule has 1 aromatic heterocycles. The van der Waals surface area contributed by atoms with Crippen molar-refractivity contribution in [1.29, 1.82) is 0 Å². The summed E-state index contributed by atoms with van der Waals surface area (Å²) < 4.78 is 11.2. The van der Waals surface area contributed by atoms with E-state index in [1.54, 1.807) is 36.0 Å². The fraction of sp³-hybridized carbons (Fsp3) is 0.250. The van der Waals surface area contributed by atoms with Crippen LogP contribution in [0.5, 0.6) is 11.5 Å². The van der Waals surface area contributed by atoms with Crippen molar-refractivity contribution < 1.29 is 23.9 Å². The Hall–Kier alpha value is -3.37. The van der Waals surface area contributed by atoms with Gasteiger partial charge in [-0.05, 0) is 48.8 Å². The molecule has 1 unspecified atom stereocenters. The van der Waals surface area contributed by atoms with Crippen LogP contribution in [-0.4, -0.2) is 58.9 Å². The summed E-state index contributed by atoms with van der Waals surface area (Å²) in [6.07, 6.45) is 2.26. The molecule has 0 radical (unpaired) electrons. The van der Waals surface area contributed by atoms with Crippen molar-refractivity contribution in [2.45, 2.75) is 12.5 Å². The van der Waals surface area contributed by atoms with Crippen molar-refractivity contribution in [2.75, 3.05) is 30.5 Å². The first-order valence-corrected chi connectivity index (χ1v) is 13.0. The van der Waals surface area contributed by atoms with E-state index < -0.39 is 23.8 Å². The Morgan fingerprint density at radius 1 is 1.12 bits per heavy atom. The van der Waals surface area contributed by atoms with Crippen LogP contribution >= 0.6 is 23.1 Å². The van der Waals surface area contributed by atoms with E-state index in [4.69, 9.17) is 9.47 Å². The second kappa shape index (κ2) is 9.47. The Morgan fingerprint density at radius 3 is 2.53 bits per heavy atom. The number of hydrogen-bond donors (Lipinski definition) is 1. The number of thioether (sulfide) groups is 1. The highest BCUT2D eigenvalue weighted by molar-refractivity contribution is 7.98. The molecule has 1 atom stereocenters. The summed E-state index contributed by atoms with van der Waals surface area (Å²) in [7, 11) is 0. The fourth-order valence-electron chi connectivity index (χ4n) is 3.95. The van der Waals surface area contributed by atoms with Crippen LogP contribution in [0.25, 0.3) is 11.3 Å². The van der Waals surface area contributed by atoms with Gasteiger partial charge in [-0.3, -0.25) is 19.3 Å². The number of anilines is 1. The maximum Gasteiger partial charge on any atom is 0.262 e. The molecule has 0 bridgehead atoms. The highest BCUT2D eigenvalue weighted by Gasteiger charge is 2.42. The summed E-state index contributed by atoms with van der Waals surface area (Å²) in [5, 5.41) is 5.03. The van der Waals surface area contributed by atoms with E-state index in [9.17, 15) is 14.4 Å². The highest BCUT2D eigenvalue weighted by Crippen LogP contribution is 2.35. The van der Waals surface area contributed by atoms with Crippen LogP contribution in [0.2, 0.25) is 0 Å². The normalized spacial score (nSPS) is 15.3. The highest BCUT2D eigenvalue weighted by atomic mass is 32.2. The first kappa shape index (κ1) is 22.4. The van der Waals surface area contributed by atoms with Gasteiger partial charge in [0.25, 0.3) is 11.8 Å². The van der Waals surface area contributed by atoms with Crippen LogP contribution in [0.3, 0.4) is 0 Å². The summed E-state index contributed by atoms with van der Waals surface area (Å²) in [5.74, 6) is 0.634. The van der Waals surface area contributed by atoms with Crippen molar-refractivity contribution in [3.05, 3.63) is 59.0 Å². The molecule has 2 aliphatic rings. The van der Waals surface area contributed by atoms with Gasteiger partial charge in [0.05, 0.1) is 16.8 Å². The SMILES string of the molecule is CSCCC(C(=O)Nc1nc(-c2ccc3c(c2)OCCO3)cs1)N1C(=O)c2ccccc2C1=O. The number of amides is 3. The lowest BCUT2D eigenvalue weighted by molar-refractivity contribution is -0.120. The second-order valence-electron chi connectivity index (χ2n) is 7.71. The molecule has 3 aromatic rings. The van der Waals surface area contributed by atoms with Crippen molar-refractivity contribution >= 4 is 46.0 Å². The van der Waals surface area contributed by atoms with Gasteiger partial charge in [-0.2, -0.15) is 11.8 Å². The molecule has 0 saturated carbocycles. The van der Waals surface area contributed by atoms with Crippen LogP contribution in [-0.2, 0) is 4.79 Å². The number of ether oxygens (including phenoxy) is 2. The Kier molecular flexibility index (Phi) is 6.25. The molecule has 5 rings (SSSR count). The number of nitrogens with one attached hydrogen (secondary N) is 1. The number of rotatable bonds is 7. The molecule has 0 spiro atoms. The zero-order chi connectivity index (χ0) is 23.7. The summed E-state index contributed by atoms with van der Waals surface area (Å²) in [6, 6.07) is 11.3. The van der Waals surface area contributed by atoms with Gasteiger partial charge in [-0.15, -0.1) is 11.3 Å². The van der Waals surface area contributed by atoms with Gasteiger partial charge in [0.15, 0.2) is 16.6 Å². The van der Waals surface area contributed by atoms with Gasteiger partial charge >= 0.3 is 0 Å². The average molecular weight is 496 g/mol. The Bertz CT molecular complexity index is 1240. The first-order chi connectivity index (χ1) is 16.6. The van der Waals surface area contributed by atoms with Crippen LogP contribution in [0, 0.1) is 0 Å². The number of carbonyl (C=O) groups is 3. The molecule has 0 saturated heterocycles. The lowest BCUT2D eigenvalue weighted by Gasteiger charge is -2.24. The molecular weight excluding hydrogens is 474 g/mol. The minimum absolute atomic E-state index is 0.324. The van der Waals surface area contributed by atoms with Gasteiger partial charge in [-0.25, -0.2) is 4.98 Å². The topological polar surface area (TPSA) is 97.8 Å². The molecule has 3 amide bonds. The molecule has 2 aliphatic heterocycles. The lowest BCUT2D eigenvalue weighted by Crippen LogP contribution is -2.47. The Morgan fingerprint density at radius 2 is 1.82 bits per heavy atom. The zero-order valence-corrected chi connectivity index (χ0v) is 19.9. The van der Waals surface area contributed by atoms with Crippen LogP contribution < -0.4 is 14.8 Å². The number of hydrogen-bond acceptors (Lipinski definition) is 8. The van der Waals surface area contributed by atoms with Crippen molar-refractivity contribution in [3.8, 4) is 22.8 Å². The summed E-state index contributed by atoms with van der Waals surface area (Å²) in [6.45, 7) is 1.01. The van der Waals surface area contributed by atoms with Gasteiger partial charge < -0.3 is 14.8 Å². The third kappa shape index (κ3) is 4.14. The maximum absolute atomic E-state index is 13.2. The minimum atomic E-state index is -0.929. The molecule has 1 N–H and O–H groups in total. The second-order valence-corrected chi connectivity index (χ2v) is 9.55. The number of nitrogens with zero attached hydrogens (tertiary/aromatic N) is 2. The molecule has 34 heavy (non-hydrogen) atoms. The molecule has 10 heteroatoms. The molecule has 3 heterocycles. The minimum Gasteiger partial charge on any atom is -0.486 e. The van der Waals surface area contributed by atoms with E-state index in [1.807, 2.05) is 29.8 Å². The van der Waals surface area contributed by atoms with Crippen molar-refractivity contribution in [1.82, 2.24) is 9.88 Å². The van der Waals surface area contributed by atoms with E-state index in [-0.39, 0.29) is 0 Å². The largest absolute Gasteiger partial charge is 0.486 e. The summed E-state index contributed by atoms with van der Waals surface area (Å²) in [5.41, 5.74) is 2.16. The maximum atomic E-state index is 13.2. The van der Waals surface area contributed by atoms with E-state index >= 15 is 0 Å². The molecule has 0 fully saturated rings. The predicted octanol–water partition coefficient (Wildman–Crippen LogP) is 3.94. The number of benzene rings is 2.